The molecule has 0 radical (unpaired) electrons. The molecule has 0 aromatic carbocycles. The van der Waals surface area contributed by atoms with Crippen LogP contribution in [0.25, 0.3) is 0 Å². The average molecular weight is 160 g/mol. The summed E-state index contributed by atoms with van der Waals surface area (Å²) in [4.78, 5) is 10.9. The number of hydrogen-bond acceptors (Lipinski definition) is 1. The third kappa shape index (κ3) is 1.93. The van der Waals surface area contributed by atoms with Gasteiger partial charge in [0.1, 0.15) is 0 Å². The Labute approximate surface area is 71.8 Å². The average Bonchev–Trinajstić information content (AvgIpc) is 2.05. The lowest BCUT2D eigenvalue weighted by Gasteiger charge is -1.92. The second-order valence-corrected chi connectivity index (χ2v) is 2.53. The van der Waals surface area contributed by atoms with E-state index >= 15 is 0 Å². The second kappa shape index (κ2) is 3.68. The molecule has 0 aliphatic carbocycles. The fourth-order valence-corrected chi connectivity index (χ4v) is 0.934. The van der Waals surface area contributed by atoms with E-state index in [4.69, 9.17) is 6.42 Å². The van der Waals surface area contributed by atoms with Gasteiger partial charge in [-0.25, -0.2) is 0 Å². The fraction of sp³-hybridized carbons (Fsp3) is 0.200. The predicted molar refractivity (Wildman–Crippen MR) is 45.5 cm³/mol. The Balaban J connectivity index is 2.97. The maximum Gasteiger partial charge on any atom is 0.208 e. The van der Waals surface area contributed by atoms with E-state index < -0.39 is 0 Å². The Morgan fingerprint density at radius 2 is 2.50 bits per heavy atom. The van der Waals surface area contributed by atoms with Crippen molar-refractivity contribution >= 4 is 5.78 Å². The Bertz CT molecular complexity index is 336. The number of carbonyl (C=O) groups excluding carboxylic acids is 1. The zero-order valence-corrected chi connectivity index (χ0v) is 6.95. The van der Waals surface area contributed by atoms with E-state index in [1.807, 2.05) is 12.3 Å². The summed E-state index contributed by atoms with van der Waals surface area (Å²) in [5, 5.41) is 0. The zero-order chi connectivity index (χ0) is 8.97. The quantitative estimate of drug-likeness (QED) is 0.356. The molecule has 0 atom stereocenters. The molecule has 0 aliphatic rings. The predicted octanol–water partition coefficient (Wildman–Crippen LogP) is 0.810. The highest BCUT2D eigenvalue weighted by atomic mass is 16.1. The summed E-state index contributed by atoms with van der Waals surface area (Å²) >= 11 is 0. The molecule has 60 valence electrons. The number of pyridine rings is 1. The lowest BCUT2D eigenvalue weighted by Crippen LogP contribution is -2.32. The molecule has 0 fully saturated rings. The highest BCUT2D eigenvalue weighted by Gasteiger charge is 2.03. The van der Waals surface area contributed by atoms with E-state index in [1.54, 1.807) is 16.8 Å². The van der Waals surface area contributed by atoms with Crippen molar-refractivity contribution in [2.24, 2.45) is 0 Å². The van der Waals surface area contributed by atoms with E-state index in [0.717, 1.165) is 0 Å². The SMILES string of the molecule is C#CC[n+]1cccc(C(C)=O)c1. The molecule has 0 N–H and O–H groups in total. The van der Waals surface area contributed by atoms with E-state index in [1.165, 1.54) is 6.92 Å². The lowest BCUT2D eigenvalue weighted by molar-refractivity contribution is -0.684. The van der Waals surface area contributed by atoms with E-state index in [2.05, 4.69) is 5.92 Å². The largest absolute Gasteiger partial charge is 0.294 e. The van der Waals surface area contributed by atoms with E-state index in [9.17, 15) is 4.79 Å². The first-order valence-corrected chi connectivity index (χ1v) is 3.67. The van der Waals surface area contributed by atoms with E-state index in [-0.39, 0.29) is 5.78 Å². The van der Waals surface area contributed by atoms with Gasteiger partial charge in [-0.1, -0.05) is 0 Å². The van der Waals surface area contributed by atoms with Gasteiger partial charge in [0, 0.05) is 6.07 Å². The number of aromatic nitrogens is 1. The molecule has 0 unspecified atom stereocenters. The lowest BCUT2D eigenvalue weighted by atomic mass is 10.2. The molecular formula is C10H10NO+. The molecule has 0 saturated carbocycles. The highest BCUT2D eigenvalue weighted by molar-refractivity contribution is 5.93. The molecule has 2 heteroatoms. The number of terminal acetylenes is 1. The van der Waals surface area contributed by atoms with Gasteiger partial charge in [-0.15, -0.1) is 6.42 Å². The van der Waals surface area contributed by atoms with Crippen molar-refractivity contribution in [3.8, 4) is 12.3 Å². The van der Waals surface area contributed by atoms with E-state index in [0.29, 0.717) is 12.1 Å². The van der Waals surface area contributed by atoms with Crippen molar-refractivity contribution in [2.45, 2.75) is 13.5 Å². The van der Waals surface area contributed by atoms with Gasteiger partial charge in [0.2, 0.25) is 6.54 Å². The normalized spacial score (nSPS) is 9.00. The van der Waals surface area contributed by atoms with Crippen molar-refractivity contribution in [2.75, 3.05) is 0 Å². The van der Waals surface area contributed by atoms with Crippen molar-refractivity contribution in [1.82, 2.24) is 0 Å². The standard InChI is InChI=1S/C10H10NO/c1-3-6-11-7-4-5-10(8-11)9(2)12/h1,4-5,7-8H,6H2,2H3/q+1. The maximum absolute atomic E-state index is 10.9. The van der Waals surface area contributed by atoms with Crippen LogP contribution in [0.1, 0.15) is 17.3 Å². The van der Waals surface area contributed by atoms with Gasteiger partial charge in [0.05, 0.1) is 5.56 Å². The summed E-state index contributed by atoms with van der Waals surface area (Å²) < 4.78 is 1.80. The molecule has 1 rings (SSSR count). The van der Waals surface area contributed by atoms with Crippen LogP contribution in [0.5, 0.6) is 0 Å². The first-order valence-electron chi connectivity index (χ1n) is 3.67. The minimum Gasteiger partial charge on any atom is -0.294 e. The van der Waals surface area contributed by atoms with Crippen molar-refractivity contribution < 1.29 is 9.36 Å². The summed E-state index contributed by atoms with van der Waals surface area (Å²) in [6.07, 6.45) is 8.72. The van der Waals surface area contributed by atoms with Gasteiger partial charge in [-0.2, -0.15) is 4.57 Å². The summed E-state index contributed by atoms with van der Waals surface area (Å²) in [5.74, 6) is 2.56. The first-order chi connectivity index (χ1) is 5.74. The number of Topliss-reactive ketones (excluding diaryl/α,β-unsaturated/α-hetero) is 1. The van der Waals surface area contributed by atoms with Gasteiger partial charge >= 0.3 is 0 Å². The third-order valence-corrected chi connectivity index (χ3v) is 1.54. The molecular weight excluding hydrogens is 150 g/mol. The molecule has 1 heterocycles. The molecule has 0 aliphatic heterocycles. The van der Waals surface area contributed by atoms with Gasteiger partial charge < -0.3 is 0 Å². The number of nitrogens with zero attached hydrogens (tertiary/aromatic N) is 1. The van der Waals surface area contributed by atoms with Crippen LogP contribution in [0.4, 0.5) is 0 Å². The van der Waals surface area contributed by atoms with Crippen molar-refractivity contribution in [1.29, 1.82) is 0 Å². The number of ketones is 1. The highest BCUT2D eigenvalue weighted by Crippen LogP contribution is 1.94. The molecule has 0 spiro atoms. The molecule has 0 bridgehead atoms. The van der Waals surface area contributed by atoms with Crippen LogP contribution in [0.2, 0.25) is 0 Å². The van der Waals surface area contributed by atoms with Crippen LogP contribution in [-0.4, -0.2) is 5.78 Å². The molecule has 1 aromatic heterocycles. The van der Waals surface area contributed by atoms with Crippen LogP contribution >= 0.6 is 0 Å². The molecule has 2 nitrogen and oxygen atoms in total. The van der Waals surface area contributed by atoms with Crippen molar-refractivity contribution in [3.63, 3.8) is 0 Å². The Hall–Kier alpha value is -1.62. The first kappa shape index (κ1) is 8.48. The van der Waals surface area contributed by atoms with Crippen molar-refractivity contribution in [3.05, 3.63) is 30.1 Å². The fourth-order valence-electron chi connectivity index (χ4n) is 0.934. The zero-order valence-electron chi connectivity index (χ0n) is 6.95. The Kier molecular flexibility index (Phi) is 2.60. The maximum atomic E-state index is 10.9. The molecule has 12 heavy (non-hydrogen) atoms. The summed E-state index contributed by atoms with van der Waals surface area (Å²) in [6.45, 7) is 2.04. The Morgan fingerprint density at radius 3 is 3.08 bits per heavy atom. The number of carbonyl (C=O) groups is 1. The summed E-state index contributed by atoms with van der Waals surface area (Å²) in [7, 11) is 0. The summed E-state index contributed by atoms with van der Waals surface area (Å²) in [6, 6.07) is 3.59. The van der Waals surface area contributed by atoms with Crippen LogP contribution < -0.4 is 4.57 Å². The topological polar surface area (TPSA) is 20.9 Å². The summed E-state index contributed by atoms with van der Waals surface area (Å²) in [5.41, 5.74) is 0.688. The van der Waals surface area contributed by atoms with Crippen LogP contribution in [-0.2, 0) is 6.54 Å². The smallest absolute Gasteiger partial charge is 0.208 e. The molecule has 0 amide bonds. The monoisotopic (exact) mass is 160 g/mol. The van der Waals surface area contributed by atoms with Crippen LogP contribution in [0, 0.1) is 12.3 Å². The number of rotatable bonds is 2. The number of hydrogen-bond donors (Lipinski definition) is 0. The molecule has 1 aromatic rings. The van der Waals surface area contributed by atoms with Crippen LogP contribution in [0.15, 0.2) is 24.5 Å². The minimum atomic E-state index is 0.0568. The Morgan fingerprint density at radius 1 is 1.75 bits per heavy atom. The van der Waals surface area contributed by atoms with Crippen LogP contribution in [0.3, 0.4) is 0 Å². The third-order valence-electron chi connectivity index (χ3n) is 1.54. The van der Waals surface area contributed by atoms with Gasteiger partial charge in [0.25, 0.3) is 0 Å². The second-order valence-electron chi connectivity index (χ2n) is 2.53. The van der Waals surface area contributed by atoms with Gasteiger partial charge in [-0.05, 0) is 18.9 Å². The van der Waals surface area contributed by atoms with Gasteiger partial charge in [0.15, 0.2) is 18.2 Å². The van der Waals surface area contributed by atoms with Gasteiger partial charge in [-0.3, -0.25) is 4.79 Å². The molecule has 0 saturated heterocycles. The minimum absolute atomic E-state index is 0.0568.